The van der Waals surface area contributed by atoms with Gasteiger partial charge in [-0.2, -0.15) is 0 Å². The molecule has 5 N–H and O–H groups in total. The van der Waals surface area contributed by atoms with E-state index in [9.17, 15) is 23.6 Å². The zero-order valence-corrected chi connectivity index (χ0v) is 23.0. The summed E-state index contributed by atoms with van der Waals surface area (Å²) in [6, 6.07) is 16.6. The Kier molecular flexibility index (Phi) is 10.4. The van der Waals surface area contributed by atoms with Crippen LogP contribution in [0.5, 0.6) is 5.75 Å². The van der Waals surface area contributed by atoms with Crippen LogP contribution in [0.4, 0.5) is 13.6 Å². The third kappa shape index (κ3) is 8.27. The molecule has 0 bridgehead atoms. The number of hydroxylamine groups is 2. The van der Waals surface area contributed by atoms with Crippen molar-refractivity contribution in [2.45, 2.75) is 12.5 Å². The molecule has 0 radical (unpaired) electrons. The average Bonchev–Trinajstić information content (AvgIpc) is 2.98. The van der Waals surface area contributed by atoms with Crippen LogP contribution in [0, 0.1) is 23.5 Å². The molecule has 0 aliphatic carbocycles. The highest BCUT2D eigenvalue weighted by Crippen LogP contribution is 2.30. The van der Waals surface area contributed by atoms with Crippen LogP contribution in [-0.4, -0.2) is 77.9 Å². The molecule has 3 aromatic rings. The van der Waals surface area contributed by atoms with Gasteiger partial charge in [-0.1, -0.05) is 36.1 Å². The summed E-state index contributed by atoms with van der Waals surface area (Å²) in [7, 11) is 0. The molecule has 1 fully saturated rings. The lowest BCUT2D eigenvalue weighted by molar-refractivity contribution is -0.0372. The molecule has 0 saturated carbocycles. The summed E-state index contributed by atoms with van der Waals surface area (Å²) in [4.78, 5) is 27.4. The summed E-state index contributed by atoms with van der Waals surface area (Å²) in [6.45, 7) is 3.94. The molecule has 0 spiro atoms. The van der Waals surface area contributed by atoms with Gasteiger partial charge in [0.2, 0.25) is 0 Å². The van der Waals surface area contributed by atoms with Crippen molar-refractivity contribution in [2.24, 2.45) is 11.5 Å². The van der Waals surface area contributed by atoms with Gasteiger partial charge in [-0.25, -0.2) is 18.6 Å². The number of nitrogens with zero attached hydrogens (tertiary/aromatic N) is 3. The molecule has 0 atom stereocenters. The quantitative estimate of drug-likeness (QED) is 0.193. The monoisotopic (exact) mass is 577 g/mol. The van der Waals surface area contributed by atoms with E-state index >= 15 is 0 Å². The first kappa shape index (κ1) is 30.5. The van der Waals surface area contributed by atoms with E-state index in [1.165, 1.54) is 24.3 Å². The minimum Gasteiger partial charge on any atom is -0.491 e. The number of halogens is 2. The van der Waals surface area contributed by atoms with Gasteiger partial charge in [-0.3, -0.25) is 19.8 Å². The second-order valence-electron chi connectivity index (χ2n) is 9.82. The highest BCUT2D eigenvalue weighted by atomic mass is 19.1. The molecule has 1 heterocycles. The van der Waals surface area contributed by atoms with Crippen molar-refractivity contribution in [3.63, 3.8) is 0 Å². The molecule has 0 aromatic heterocycles. The van der Waals surface area contributed by atoms with Gasteiger partial charge in [0.05, 0.1) is 18.2 Å². The second-order valence-corrected chi connectivity index (χ2v) is 9.82. The molecule has 42 heavy (non-hydrogen) atoms. The van der Waals surface area contributed by atoms with E-state index in [-0.39, 0.29) is 36.2 Å². The number of urea groups is 1. The van der Waals surface area contributed by atoms with Crippen LogP contribution in [0.3, 0.4) is 0 Å². The van der Waals surface area contributed by atoms with E-state index < -0.39 is 11.9 Å². The third-order valence-electron chi connectivity index (χ3n) is 6.99. The Hall–Kier alpha value is -4.50. The Morgan fingerprint density at radius 1 is 0.929 bits per heavy atom. The SMILES string of the molecule is NC(=O)c1cc(C#CCCN(O)C(N)=O)ccc1OCCN1CCN(C(c2ccc(F)cc2)c2ccc(F)cc2)CC1. The van der Waals surface area contributed by atoms with Gasteiger partial charge in [-0.15, -0.1) is 0 Å². The molecule has 1 aliphatic heterocycles. The number of carbonyl (C=O) groups is 2. The summed E-state index contributed by atoms with van der Waals surface area (Å²) in [5.74, 6) is 4.75. The predicted molar refractivity (Wildman–Crippen MR) is 153 cm³/mol. The number of carbonyl (C=O) groups excluding carboxylic acids is 2. The van der Waals surface area contributed by atoms with E-state index in [1.54, 1.807) is 42.5 Å². The molecular formula is C31H33F2N5O4. The first-order chi connectivity index (χ1) is 20.2. The Morgan fingerprint density at radius 2 is 1.52 bits per heavy atom. The van der Waals surface area contributed by atoms with Crippen molar-refractivity contribution >= 4 is 11.9 Å². The van der Waals surface area contributed by atoms with Gasteiger partial charge in [0.1, 0.15) is 24.0 Å². The number of primary amides is 2. The standard InChI is InChI=1S/C31H33F2N5O4/c32-25-9-5-23(6-10-25)29(24-7-11-26(33)12-8-24)37-17-15-36(16-18-37)19-20-42-28-13-4-22(21-27(28)30(34)39)3-1-2-14-38(41)31(35)40/h4-13,21,29,41H,2,14-20H2,(H2,34,39)(H2,35,40). The first-order valence-corrected chi connectivity index (χ1v) is 13.5. The minimum atomic E-state index is -0.963. The van der Waals surface area contributed by atoms with E-state index in [1.807, 2.05) is 0 Å². The van der Waals surface area contributed by atoms with Gasteiger partial charge in [0.15, 0.2) is 0 Å². The van der Waals surface area contributed by atoms with Gasteiger partial charge in [-0.05, 0) is 53.6 Å². The van der Waals surface area contributed by atoms with Crippen LogP contribution in [-0.2, 0) is 0 Å². The Morgan fingerprint density at radius 3 is 2.07 bits per heavy atom. The number of nitrogens with two attached hydrogens (primary N) is 2. The number of rotatable bonds is 10. The lowest BCUT2D eigenvalue weighted by Crippen LogP contribution is -2.48. The number of amides is 3. The van der Waals surface area contributed by atoms with Crippen molar-refractivity contribution in [3.05, 3.63) is 101 Å². The summed E-state index contributed by atoms with van der Waals surface area (Å²) in [5, 5.41) is 9.66. The summed E-state index contributed by atoms with van der Waals surface area (Å²) < 4.78 is 33.1. The number of hydrogen-bond donors (Lipinski definition) is 3. The Labute approximate surface area is 243 Å². The van der Waals surface area contributed by atoms with Gasteiger partial charge in [0, 0.05) is 44.7 Å². The predicted octanol–water partition coefficient (Wildman–Crippen LogP) is 3.36. The second kappa shape index (κ2) is 14.4. The highest BCUT2D eigenvalue weighted by molar-refractivity contribution is 5.96. The molecule has 3 amide bonds. The van der Waals surface area contributed by atoms with Crippen LogP contribution >= 0.6 is 0 Å². The van der Waals surface area contributed by atoms with Crippen molar-refractivity contribution in [2.75, 3.05) is 45.9 Å². The van der Waals surface area contributed by atoms with Crippen molar-refractivity contribution in [1.82, 2.24) is 14.9 Å². The lowest BCUT2D eigenvalue weighted by atomic mass is 9.96. The summed E-state index contributed by atoms with van der Waals surface area (Å²) in [5.41, 5.74) is 13.1. The summed E-state index contributed by atoms with van der Waals surface area (Å²) >= 11 is 0. The summed E-state index contributed by atoms with van der Waals surface area (Å²) in [6.07, 6.45) is 0.186. The molecule has 1 aliphatic rings. The fraction of sp³-hybridized carbons (Fsp3) is 0.290. The van der Waals surface area contributed by atoms with Crippen LogP contribution in [0.2, 0.25) is 0 Å². The molecule has 11 heteroatoms. The molecule has 220 valence electrons. The van der Waals surface area contributed by atoms with E-state index in [2.05, 4.69) is 21.6 Å². The number of piperazine rings is 1. The van der Waals surface area contributed by atoms with Crippen molar-refractivity contribution in [1.29, 1.82) is 0 Å². The maximum Gasteiger partial charge on any atom is 0.338 e. The molecule has 4 rings (SSSR count). The van der Waals surface area contributed by atoms with Crippen LogP contribution < -0.4 is 16.2 Å². The largest absolute Gasteiger partial charge is 0.491 e. The molecule has 1 saturated heterocycles. The smallest absolute Gasteiger partial charge is 0.338 e. The fourth-order valence-electron chi connectivity index (χ4n) is 4.80. The third-order valence-corrected chi connectivity index (χ3v) is 6.99. The topological polar surface area (TPSA) is 125 Å². The van der Waals surface area contributed by atoms with Crippen molar-refractivity contribution in [3.8, 4) is 17.6 Å². The van der Waals surface area contributed by atoms with Gasteiger partial charge >= 0.3 is 6.03 Å². The molecule has 9 nitrogen and oxygen atoms in total. The lowest BCUT2D eigenvalue weighted by Gasteiger charge is -2.39. The Balaban J connectivity index is 1.32. The van der Waals surface area contributed by atoms with Crippen LogP contribution in [0.25, 0.3) is 0 Å². The van der Waals surface area contributed by atoms with E-state index in [0.29, 0.717) is 29.5 Å². The minimum absolute atomic E-state index is 0.0421. The zero-order valence-electron chi connectivity index (χ0n) is 23.0. The molecule has 3 aromatic carbocycles. The van der Waals surface area contributed by atoms with Gasteiger partial charge in [0.25, 0.3) is 5.91 Å². The Bertz CT molecular complexity index is 1390. The maximum absolute atomic E-state index is 13.6. The average molecular weight is 578 g/mol. The maximum atomic E-state index is 13.6. The number of ether oxygens (including phenoxy) is 1. The number of benzene rings is 3. The molecule has 0 unspecified atom stereocenters. The van der Waals surface area contributed by atoms with Crippen LogP contribution in [0.15, 0.2) is 66.7 Å². The zero-order chi connectivity index (χ0) is 30.1. The molecular weight excluding hydrogens is 544 g/mol. The first-order valence-electron chi connectivity index (χ1n) is 13.5. The number of hydrogen-bond acceptors (Lipinski definition) is 6. The normalized spacial score (nSPS) is 13.8. The highest BCUT2D eigenvalue weighted by Gasteiger charge is 2.26. The van der Waals surface area contributed by atoms with E-state index in [0.717, 1.165) is 37.3 Å². The van der Waals surface area contributed by atoms with Crippen LogP contribution in [0.1, 0.15) is 39.5 Å². The van der Waals surface area contributed by atoms with E-state index in [4.69, 9.17) is 16.2 Å². The van der Waals surface area contributed by atoms with Crippen molar-refractivity contribution < 1.29 is 28.3 Å². The van der Waals surface area contributed by atoms with Gasteiger partial charge < -0.3 is 16.2 Å². The fourth-order valence-corrected chi connectivity index (χ4v) is 4.80.